The molecule has 41 heavy (non-hydrogen) atoms. The standard InChI is InChI=1S/C31H23ClF4N2O3/c1-18(30(39)40)20-10-8-19(9-11-20)17-41-24-5-2-4-21(14-24)29-25-6-3-7-26(31(34,35)36)28(25)37-38(29)16-22-12-13-23(32)15-27(22)33/h2-15,18H,16-17H2,1H3,(H,39,40). The number of hydrogen-bond donors (Lipinski definition) is 1. The van der Waals surface area contributed by atoms with Crippen molar-refractivity contribution in [3.05, 3.63) is 118 Å². The molecule has 0 aliphatic rings. The van der Waals surface area contributed by atoms with Gasteiger partial charge in [0.1, 0.15) is 23.7 Å². The molecule has 0 saturated heterocycles. The van der Waals surface area contributed by atoms with Crippen LogP contribution in [0, 0.1) is 5.82 Å². The molecule has 5 rings (SSSR count). The minimum absolute atomic E-state index is 0.128. The summed E-state index contributed by atoms with van der Waals surface area (Å²) in [5.74, 6) is -1.70. The summed E-state index contributed by atoms with van der Waals surface area (Å²) in [6.45, 7) is 1.66. The molecule has 0 aliphatic heterocycles. The summed E-state index contributed by atoms with van der Waals surface area (Å²) in [7, 11) is 0. The Hall–Kier alpha value is -4.37. The van der Waals surface area contributed by atoms with Gasteiger partial charge >= 0.3 is 12.1 Å². The van der Waals surface area contributed by atoms with Gasteiger partial charge in [-0.05, 0) is 48.4 Å². The van der Waals surface area contributed by atoms with Gasteiger partial charge in [0.25, 0.3) is 0 Å². The zero-order chi connectivity index (χ0) is 29.3. The van der Waals surface area contributed by atoms with Gasteiger partial charge in [-0.3, -0.25) is 9.48 Å². The quantitative estimate of drug-likeness (QED) is 0.187. The highest BCUT2D eigenvalue weighted by molar-refractivity contribution is 6.30. The second-order valence-electron chi connectivity index (χ2n) is 9.56. The Bertz CT molecular complexity index is 1730. The van der Waals surface area contributed by atoms with E-state index in [-0.39, 0.29) is 34.6 Å². The van der Waals surface area contributed by atoms with Crippen molar-refractivity contribution in [2.24, 2.45) is 0 Å². The first-order valence-electron chi connectivity index (χ1n) is 12.6. The van der Waals surface area contributed by atoms with Gasteiger partial charge in [0, 0.05) is 21.5 Å². The summed E-state index contributed by atoms with van der Waals surface area (Å²) in [5.41, 5.74) is 1.46. The van der Waals surface area contributed by atoms with Gasteiger partial charge in [-0.2, -0.15) is 18.3 Å². The maximum Gasteiger partial charge on any atom is 0.418 e. The number of carbonyl (C=O) groups is 1. The van der Waals surface area contributed by atoms with Gasteiger partial charge < -0.3 is 9.84 Å². The lowest BCUT2D eigenvalue weighted by molar-refractivity contribution is -0.138. The summed E-state index contributed by atoms with van der Waals surface area (Å²) >= 11 is 5.88. The van der Waals surface area contributed by atoms with Crippen LogP contribution < -0.4 is 4.74 Å². The molecular formula is C31H23ClF4N2O3. The fourth-order valence-corrected chi connectivity index (χ4v) is 4.71. The highest BCUT2D eigenvalue weighted by atomic mass is 35.5. The Morgan fingerprint density at radius 3 is 2.44 bits per heavy atom. The van der Waals surface area contributed by atoms with Crippen molar-refractivity contribution in [3.63, 3.8) is 0 Å². The molecule has 1 atom stereocenters. The van der Waals surface area contributed by atoms with Gasteiger partial charge in [0.2, 0.25) is 0 Å². The van der Waals surface area contributed by atoms with Crippen LogP contribution in [0.1, 0.15) is 35.1 Å². The number of rotatable bonds is 8. The average Bonchev–Trinajstić information content (AvgIpc) is 3.31. The summed E-state index contributed by atoms with van der Waals surface area (Å²) in [6.07, 6.45) is -4.63. The van der Waals surface area contributed by atoms with Crippen LogP contribution in [-0.2, 0) is 24.1 Å². The second-order valence-corrected chi connectivity index (χ2v) is 10.00. The van der Waals surface area contributed by atoms with E-state index in [1.165, 1.54) is 22.9 Å². The molecule has 0 aliphatic carbocycles. The summed E-state index contributed by atoms with van der Waals surface area (Å²) in [4.78, 5) is 11.2. The molecule has 5 aromatic rings. The molecule has 0 radical (unpaired) electrons. The molecule has 1 heterocycles. The number of carboxylic acid groups (broad SMARTS) is 1. The molecule has 0 spiro atoms. The summed E-state index contributed by atoms with van der Waals surface area (Å²) in [5, 5.41) is 13.9. The predicted octanol–water partition coefficient (Wildman–Crippen LogP) is 8.33. The maximum absolute atomic E-state index is 14.7. The molecule has 1 aromatic heterocycles. The average molecular weight is 583 g/mol. The smallest absolute Gasteiger partial charge is 0.418 e. The SMILES string of the molecule is CC(C(=O)O)c1ccc(COc2cccc(-c3c4cccc(C(F)(F)F)c4nn3Cc3ccc(Cl)cc3F)c2)cc1. The molecule has 0 amide bonds. The molecular weight excluding hydrogens is 560 g/mol. The zero-order valence-corrected chi connectivity index (χ0v) is 22.4. The van der Waals surface area contributed by atoms with Crippen LogP contribution in [0.2, 0.25) is 5.02 Å². The van der Waals surface area contributed by atoms with Gasteiger partial charge in [0.05, 0.1) is 23.7 Å². The van der Waals surface area contributed by atoms with Crippen LogP contribution in [0.3, 0.4) is 0 Å². The lowest BCUT2D eigenvalue weighted by Crippen LogP contribution is -2.07. The Balaban J connectivity index is 1.51. The number of aliphatic carboxylic acids is 1. The monoisotopic (exact) mass is 582 g/mol. The van der Waals surface area contributed by atoms with E-state index in [4.69, 9.17) is 16.3 Å². The number of benzene rings is 4. The molecule has 1 N–H and O–H groups in total. The van der Waals surface area contributed by atoms with Crippen LogP contribution in [0.15, 0.2) is 84.9 Å². The molecule has 0 saturated carbocycles. The minimum atomic E-state index is -4.63. The van der Waals surface area contributed by atoms with E-state index in [2.05, 4.69) is 5.10 Å². The van der Waals surface area contributed by atoms with Crippen molar-refractivity contribution in [3.8, 4) is 17.0 Å². The van der Waals surface area contributed by atoms with Crippen molar-refractivity contribution < 1.29 is 32.2 Å². The lowest BCUT2D eigenvalue weighted by Gasteiger charge is -2.12. The summed E-state index contributed by atoms with van der Waals surface area (Å²) < 4.78 is 63.6. The number of hydrogen-bond acceptors (Lipinski definition) is 3. The van der Waals surface area contributed by atoms with Gasteiger partial charge in [-0.1, -0.05) is 66.2 Å². The topological polar surface area (TPSA) is 64.3 Å². The van der Waals surface area contributed by atoms with Gasteiger partial charge in [0.15, 0.2) is 0 Å². The van der Waals surface area contributed by atoms with Crippen molar-refractivity contribution >= 4 is 28.5 Å². The molecule has 10 heteroatoms. The van der Waals surface area contributed by atoms with Gasteiger partial charge in [-0.25, -0.2) is 4.39 Å². The normalized spacial score (nSPS) is 12.4. The molecule has 1 unspecified atom stereocenters. The molecule has 4 aromatic carbocycles. The van der Waals surface area contributed by atoms with Crippen LogP contribution in [0.4, 0.5) is 17.6 Å². The van der Waals surface area contributed by atoms with E-state index >= 15 is 0 Å². The molecule has 210 valence electrons. The Labute approximate surface area is 237 Å². The number of fused-ring (bicyclic) bond motifs is 1. The van der Waals surface area contributed by atoms with Crippen LogP contribution >= 0.6 is 11.6 Å². The fraction of sp³-hybridized carbons (Fsp3) is 0.161. The Morgan fingerprint density at radius 2 is 1.76 bits per heavy atom. The van der Waals surface area contributed by atoms with E-state index in [1.54, 1.807) is 61.5 Å². The number of ether oxygens (including phenoxy) is 1. The van der Waals surface area contributed by atoms with Crippen molar-refractivity contribution in [1.82, 2.24) is 9.78 Å². The number of nitrogens with zero attached hydrogens (tertiary/aromatic N) is 2. The molecule has 0 fully saturated rings. The molecule has 0 bridgehead atoms. The van der Waals surface area contributed by atoms with Crippen LogP contribution in [0.25, 0.3) is 22.2 Å². The van der Waals surface area contributed by atoms with Crippen LogP contribution in [-0.4, -0.2) is 20.9 Å². The Morgan fingerprint density at radius 1 is 1.02 bits per heavy atom. The van der Waals surface area contributed by atoms with Crippen molar-refractivity contribution in [2.75, 3.05) is 0 Å². The number of carboxylic acids is 1. The third kappa shape index (κ3) is 6.05. The number of aromatic nitrogens is 2. The first-order valence-corrected chi connectivity index (χ1v) is 12.9. The zero-order valence-electron chi connectivity index (χ0n) is 21.6. The highest BCUT2D eigenvalue weighted by Gasteiger charge is 2.34. The van der Waals surface area contributed by atoms with Crippen LogP contribution in [0.5, 0.6) is 5.75 Å². The van der Waals surface area contributed by atoms with E-state index in [9.17, 15) is 27.5 Å². The predicted molar refractivity (Wildman–Crippen MR) is 148 cm³/mol. The Kier molecular flexibility index (Phi) is 7.73. The van der Waals surface area contributed by atoms with Gasteiger partial charge in [-0.15, -0.1) is 0 Å². The first kappa shape index (κ1) is 28.2. The van der Waals surface area contributed by atoms with E-state index in [1.807, 2.05) is 0 Å². The first-order chi connectivity index (χ1) is 19.5. The van der Waals surface area contributed by atoms with E-state index < -0.39 is 29.4 Å². The maximum atomic E-state index is 14.7. The number of halogens is 5. The van der Waals surface area contributed by atoms with Crippen molar-refractivity contribution in [2.45, 2.75) is 32.2 Å². The third-order valence-electron chi connectivity index (χ3n) is 6.77. The van der Waals surface area contributed by atoms with E-state index in [0.717, 1.165) is 17.7 Å². The van der Waals surface area contributed by atoms with Crippen molar-refractivity contribution in [1.29, 1.82) is 0 Å². The minimum Gasteiger partial charge on any atom is -0.489 e. The van der Waals surface area contributed by atoms with E-state index in [0.29, 0.717) is 22.6 Å². The summed E-state index contributed by atoms with van der Waals surface area (Å²) in [6, 6.07) is 21.8. The highest BCUT2D eigenvalue weighted by Crippen LogP contribution is 2.39. The fourth-order valence-electron chi connectivity index (χ4n) is 4.56. The largest absolute Gasteiger partial charge is 0.489 e. The third-order valence-corrected chi connectivity index (χ3v) is 7.01. The lowest BCUT2D eigenvalue weighted by atomic mass is 10.0. The second kappa shape index (κ2) is 11.2. The number of alkyl halides is 3. The molecule has 5 nitrogen and oxygen atoms in total.